The molecule has 0 spiro atoms. The highest BCUT2D eigenvalue weighted by Gasteiger charge is 2.16. The van der Waals surface area contributed by atoms with E-state index in [9.17, 15) is 9.59 Å². The van der Waals surface area contributed by atoms with Crippen LogP contribution in [0.1, 0.15) is 10.4 Å². The van der Waals surface area contributed by atoms with E-state index in [-0.39, 0.29) is 5.56 Å². The van der Waals surface area contributed by atoms with Crippen molar-refractivity contribution in [2.24, 2.45) is 11.5 Å². The number of amides is 3. The third kappa shape index (κ3) is 2.43. The second-order valence-corrected chi connectivity index (χ2v) is 4.39. The maximum Gasteiger partial charge on any atom is 0.317 e. The highest BCUT2D eigenvalue weighted by molar-refractivity contribution is 7.20. The number of carbonyl (C=O) groups is 2. The quantitative estimate of drug-likeness (QED) is 0.757. The number of urea groups is 1. The summed E-state index contributed by atoms with van der Waals surface area (Å²) in [6.07, 6.45) is 4.59. The molecule has 92 valence electrons. The first-order valence-corrected chi connectivity index (χ1v) is 5.65. The van der Waals surface area contributed by atoms with Crippen LogP contribution in [0.4, 0.5) is 9.80 Å². The van der Waals surface area contributed by atoms with Gasteiger partial charge in [-0.05, 0) is 6.07 Å². The Labute approximate surface area is 106 Å². The minimum absolute atomic E-state index is 0.206. The van der Waals surface area contributed by atoms with Crippen molar-refractivity contribution in [3.05, 3.63) is 30.4 Å². The van der Waals surface area contributed by atoms with Crippen LogP contribution in [0.5, 0.6) is 0 Å². The Kier molecular flexibility index (Phi) is 3.20. The second kappa shape index (κ2) is 4.80. The smallest absolute Gasteiger partial charge is 0.317 e. The summed E-state index contributed by atoms with van der Waals surface area (Å²) in [6, 6.07) is 0.812. The molecule has 2 heterocycles. The van der Waals surface area contributed by atoms with E-state index < -0.39 is 11.9 Å². The molecule has 0 aliphatic carbocycles. The highest BCUT2D eigenvalue weighted by atomic mass is 32.1. The standard InChI is InChI=1S/C10H9N5O2S/c11-8(16)6-1-7(5-2-13-4-14-3-5)18-9(6)15-10(12)17/h1-4H,(H2,11,16)(H3,12,15,17). The number of nitrogens with zero attached hydrogens (tertiary/aromatic N) is 2. The minimum Gasteiger partial charge on any atom is -0.366 e. The maximum atomic E-state index is 11.3. The fourth-order valence-corrected chi connectivity index (χ4v) is 2.39. The molecule has 0 aliphatic rings. The largest absolute Gasteiger partial charge is 0.366 e. The van der Waals surface area contributed by atoms with Crippen molar-refractivity contribution in [1.82, 2.24) is 9.97 Å². The van der Waals surface area contributed by atoms with Gasteiger partial charge in [-0.15, -0.1) is 11.3 Å². The van der Waals surface area contributed by atoms with Gasteiger partial charge in [0.15, 0.2) is 0 Å². The van der Waals surface area contributed by atoms with Gasteiger partial charge in [-0.25, -0.2) is 14.8 Å². The zero-order chi connectivity index (χ0) is 13.1. The predicted molar refractivity (Wildman–Crippen MR) is 67.1 cm³/mol. The summed E-state index contributed by atoms with van der Waals surface area (Å²) >= 11 is 1.18. The number of thiophene rings is 1. The normalized spacial score (nSPS) is 10.0. The molecule has 0 aliphatic heterocycles. The van der Waals surface area contributed by atoms with Crippen molar-refractivity contribution in [2.45, 2.75) is 0 Å². The lowest BCUT2D eigenvalue weighted by atomic mass is 10.2. The van der Waals surface area contributed by atoms with Crippen LogP contribution in [0.15, 0.2) is 24.8 Å². The van der Waals surface area contributed by atoms with Crippen LogP contribution in [-0.2, 0) is 0 Å². The number of primary amides is 2. The number of anilines is 1. The fourth-order valence-electron chi connectivity index (χ4n) is 1.35. The van der Waals surface area contributed by atoms with E-state index in [4.69, 9.17) is 11.5 Å². The molecule has 2 aromatic rings. The molecule has 2 rings (SSSR count). The predicted octanol–water partition coefficient (Wildman–Crippen LogP) is 0.795. The van der Waals surface area contributed by atoms with E-state index in [1.807, 2.05) is 0 Å². The van der Waals surface area contributed by atoms with Crippen LogP contribution in [0.3, 0.4) is 0 Å². The molecule has 0 saturated heterocycles. The highest BCUT2D eigenvalue weighted by Crippen LogP contribution is 2.34. The lowest BCUT2D eigenvalue weighted by molar-refractivity contribution is 0.100. The van der Waals surface area contributed by atoms with Crippen LogP contribution in [0.25, 0.3) is 10.4 Å². The molecule has 5 N–H and O–H groups in total. The molecule has 0 fully saturated rings. The Morgan fingerprint density at radius 3 is 2.44 bits per heavy atom. The third-order valence-electron chi connectivity index (χ3n) is 2.08. The second-order valence-electron chi connectivity index (χ2n) is 3.33. The monoisotopic (exact) mass is 263 g/mol. The van der Waals surface area contributed by atoms with Crippen LogP contribution in [0, 0.1) is 0 Å². The molecular weight excluding hydrogens is 254 g/mol. The molecule has 0 aromatic carbocycles. The van der Waals surface area contributed by atoms with E-state index >= 15 is 0 Å². The van der Waals surface area contributed by atoms with E-state index in [1.165, 1.54) is 17.7 Å². The molecule has 7 nitrogen and oxygen atoms in total. The number of rotatable bonds is 3. The number of nitrogens with one attached hydrogen (secondary N) is 1. The number of nitrogens with two attached hydrogens (primary N) is 2. The number of carbonyl (C=O) groups excluding carboxylic acids is 2. The molecule has 0 bridgehead atoms. The average molecular weight is 263 g/mol. The zero-order valence-electron chi connectivity index (χ0n) is 9.08. The number of aromatic nitrogens is 2. The van der Waals surface area contributed by atoms with Gasteiger partial charge >= 0.3 is 6.03 Å². The molecule has 0 atom stereocenters. The van der Waals surface area contributed by atoms with Gasteiger partial charge in [0.25, 0.3) is 5.91 Å². The SMILES string of the molecule is NC(=O)Nc1sc(-c2cncnc2)cc1C(N)=O. The Hall–Kier alpha value is -2.48. The maximum absolute atomic E-state index is 11.3. The van der Waals surface area contributed by atoms with Crippen molar-refractivity contribution < 1.29 is 9.59 Å². The van der Waals surface area contributed by atoms with E-state index in [0.717, 1.165) is 5.56 Å². The number of hydrogen-bond donors (Lipinski definition) is 3. The van der Waals surface area contributed by atoms with Gasteiger partial charge in [0, 0.05) is 22.8 Å². The molecule has 3 amide bonds. The third-order valence-corrected chi connectivity index (χ3v) is 3.18. The lowest BCUT2D eigenvalue weighted by Gasteiger charge is -1.98. The van der Waals surface area contributed by atoms with Crippen molar-refractivity contribution in [3.8, 4) is 10.4 Å². The van der Waals surface area contributed by atoms with E-state index in [2.05, 4.69) is 15.3 Å². The van der Waals surface area contributed by atoms with Gasteiger partial charge in [0.2, 0.25) is 0 Å². The Morgan fingerprint density at radius 1 is 1.22 bits per heavy atom. The summed E-state index contributed by atoms with van der Waals surface area (Å²) in [7, 11) is 0. The minimum atomic E-state index is -0.754. The summed E-state index contributed by atoms with van der Waals surface area (Å²) in [5.74, 6) is -0.641. The van der Waals surface area contributed by atoms with Gasteiger partial charge in [0.1, 0.15) is 11.3 Å². The molecule has 2 aromatic heterocycles. The fraction of sp³-hybridized carbons (Fsp3) is 0. The topological polar surface area (TPSA) is 124 Å². The van der Waals surface area contributed by atoms with Crippen LogP contribution < -0.4 is 16.8 Å². The summed E-state index contributed by atoms with van der Waals surface area (Å²) in [5, 5.41) is 2.67. The average Bonchev–Trinajstić information content (AvgIpc) is 2.73. The van der Waals surface area contributed by atoms with E-state index in [1.54, 1.807) is 18.5 Å². The van der Waals surface area contributed by atoms with Crippen molar-refractivity contribution >= 4 is 28.3 Å². The van der Waals surface area contributed by atoms with Crippen LogP contribution >= 0.6 is 11.3 Å². The van der Waals surface area contributed by atoms with Gasteiger partial charge in [-0.2, -0.15) is 0 Å². The summed E-state index contributed by atoms with van der Waals surface area (Å²) in [6.45, 7) is 0. The molecule has 0 radical (unpaired) electrons. The molecular formula is C10H9N5O2S. The van der Waals surface area contributed by atoms with Crippen LogP contribution in [0.2, 0.25) is 0 Å². The summed E-state index contributed by atoms with van der Waals surface area (Å²) < 4.78 is 0. The van der Waals surface area contributed by atoms with Gasteiger partial charge in [-0.3, -0.25) is 10.1 Å². The first kappa shape index (κ1) is 12.0. The Bertz CT molecular complexity index is 596. The Balaban J connectivity index is 2.45. The molecule has 8 heteroatoms. The van der Waals surface area contributed by atoms with Crippen molar-refractivity contribution in [3.63, 3.8) is 0 Å². The van der Waals surface area contributed by atoms with Crippen molar-refractivity contribution in [1.29, 1.82) is 0 Å². The summed E-state index contributed by atoms with van der Waals surface area (Å²) in [5.41, 5.74) is 11.2. The van der Waals surface area contributed by atoms with Gasteiger partial charge in [0.05, 0.1) is 5.56 Å². The van der Waals surface area contributed by atoms with Gasteiger partial charge in [-0.1, -0.05) is 0 Å². The van der Waals surface area contributed by atoms with E-state index in [0.29, 0.717) is 9.88 Å². The number of hydrogen-bond acceptors (Lipinski definition) is 5. The first-order chi connectivity index (χ1) is 8.58. The lowest BCUT2D eigenvalue weighted by Crippen LogP contribution is -2.21. The van der Waals surface area contributed by atoms with Crippen LogP contribution in [-0.4, -0.2) is 21.9 Å². The molecule has 0 unspecified atom stereocenters. The zero-order valence-corrected chi connectivity index (χ0v) is 9.90. The molecule has 0 saturated carbocycles. The first-order valence-electron chi connectivity index (χ1n) is 4.83. The van der Waals surface area contributed by atoms with Crippen molar-refractivity contribution in [2.75, 3.05) is 5.32 Å². The summed E-state index contributed by atoms with van der Waals surface area (Å²) in [4.78, 5) is 30.5. The Morgan fingerprint density at radius 2 is 1.89 bits per heavy atom. The van der Waals surface area contributed by atoms with Gasteiger partial charge < -0.3 is 11.5 Å². The molecule has 18 heavy (non-hydrogen) atoms.